The van der Waals surface area contributed by atoms with Gasteiger partial charge in [0.1, 0.15) is 0 Å². The molecule has 3 rings (SSSR count). The van der Waals surface area contributed by atoms with Gasteiger partial charge in [-0.3, -0.25) is 4.79 Å². The van der Waals surface area contributed by atoms with Crippen molar-refractivity contribution in [3.63, 3.8) is 0 Å². The van der Waals surface area contributed by atoms with E-state index in [4.69, 9.17) is 4.74 Å². The molecule has 21 heavy (non-hydrogen) atoms. The minimum atomic E-state index is -0.608. The van der Waals surface area contributed by atoms with Crippen LogP contribution in [0.25, 0.3) is 0 Å². The molecule has 2 saturated carbocycles. The van der Waals surface area contributed by atoms with Gasteiger partial charge in [-0.2, -0.15) is 0 Å². The number of carbonyl (C=O) groups is 1. The second kappa shape index (κ2) is 6.66. The van der Waals surface area contributed by atoms with Crippen molar-refractivity contribution in [3.05, 3.63) is 0 Å². The van der Waals surface area contributed by atoms with Crippen molar-refractivity contribution < 1.29 is 14.6 Å². The summed E-state index contributed by atoms with van der Waals surface area (Å²) in [6.07, 6.45) is 12.0. The first-order chi connectivity index (χ1) is 10.2. The van der Waals surface area contributed by atoms with Crippen LogP contribution in [0.1, 0.15) is 64.2 Å². The molecule has 0 bridgehead atoms. The Hall–Kier alpha value is -0.610. The second-order valence-electron chi connectivity index (χ2n) is 7.32. The first-order valence-corrected chi connectivity index (χ1v) is 8.80. The summed E-state index contributed by atoms with van der Waals surface area (Å²) in [6, 6.07) is 0. The average molecular weight is 295 g/mol. The molecule has 0 aromatic heterocycles. The summed E-state index contributed by atoms with van der Waals surface area (Å²) in [5.74, 6) is -0.446. The number of rotatable bonds is 5. The van der Waals surface area contributed by atoms with Crippen molar-refractivity contribution in [1.82, 2.24) is 5.32 Å². The monoisotopic (exact) mass is 295 g/mol. The van der Waals surface area contributed by atoms with Crippen molar-refractivity contribution >= 4 is 5.97 Å². The molecule has 0 amide bonds. The van der Waals surface area contributed by atoms with E-state index >= 15 is 0 Å². The van der Waals surface area contributed by atoms with Gasteiger partial charge < -0.3 is 15.2 Å². The Morgan fingerprint density at radius 1 is 1.05 bits per heavy atom. The lowest BCUT2D eigenvalue weighted by atomic mass is 9.79. The van der Waals surface area contributed by atoms with Gasteiger partial charge in [-0.1, -0.05) is 25.7 Å². The Balaban J connectivity index is 1.40. The highest BCUT2D eigenvalue weighted by molar-refractivity contribution is 5.70. The molecule has 3 fully saturated rings. The van der Waals surface area contributed by atoms with Crippen LogP contribution in [0.2, 0.25) is 0 Å². The van der Waals surface area contributed by atoms with E-state index in [0.29, 0.717) is 12.0 Å². The number of hydrogen-bond acceptors (Lipinski definition) is 3. The van der Waals surface area contributed by atoms with Crippen LogP contribution in [0.5, 0.6) is 0 Å². The van der Waals surface area contributed by atoms with Gasteiger partial charge in [-0.15, -0.1) is 0 Å². The summed E-state index contributed by atoms with van der Waals surface area (Å²) in [5.41, 5.74) is 0.209. The van der Waals surface area contributed by atoms with Crippen LogP contribution in [0.4, 0.5) is 0 Å². The van der Waals surface area contributed by atoms with E-state index in [0.717, 1.165) is 32.4 Å². The van der Waals surface area contributed by atoms with Gasteiger partial charge >= 0.3 is 5.97 Å². The van der Waals surface area contributed by atoms with E-state index in [-0.39, 0.29) is 11.5 Å². The lowest BCUT2D eigenvalue weighted by Gasteiger charge is -2.29. The lowest BCUT2D eigenvalue weighted by molar-refractivity contribution is -0.144. The Bertz CT molecular complexity index is 365. The number of carboxylic acid groups (broad SMARTS) is 1. The molecule has 1 heterocycles. The highest BCUT2D eigenvalue weighted by Gasteiger charge is 2.42. The molecule has 2 N–H and O–H groups in total. The fourth-order valence-electron chi connectivity index (χ4n) is 4.63. The van der Waals surface area contributed by atoms with Crippen LogP contribution in [0.15, 0.2) is 0 Å². The molecule has 120 valence electrons. The van der Waals surface area contributed by atoms with Crippen LogP contribution in [0, 0.1) is 11.8 Å². The molecule has 1 spiro atoms. The van der Waals surface area contributed by atoms with Gasteiger partial charge in [0.05, 0.1) is 17.6 Å². The van der Waals surface area contributed by atoms with Crippen molar-refractivity contribution in [1.29, 1.82) is 0 Å². The lowest BCUT2D eigenvalue weighted by Crippen LogP contribution is -2.38. The summed E-state index contributed by atoms with van der Waals surface area (Å²) >= 11 is 0. The molecule has 0 aromatic carbocycles. The molecule has 4 nitrogen and oxygen atoms in total. The molecular weight excluding hydrogens is 266 g/mol. The SMILES string of the molecule is O=C(O)C1CCCCC1CNCC1CCC2(CCCC2)O1. The minimum Gasteiger partial charge on any atom is -0.481 e. The minimum absolute atomic E-state index is 0.142. The zero-order chi connectivity index (χ0) is 14.7. The van der Waals surface area contributed by atoms with Gasteiger partial charge in [-0.05, 0) is 51.0 Å². The molecule has 0 aromatic rings. The quantitative estimate of drug-likeness (QED) is 0.818. The fraction of sp³-hybridized carbons (Fsp3) is 0.941. The molecule has 4 heteroatoms. The largest absolute Gasteiger partial charge is 0.481 e. The van der Waals surface area contributed by atoms with Gasteiger partial charge in [0.2, 0.25) is 0 Å². The number of hydrogen-bond donors (Lipinski definition) is 2. The maximum atomic E-state index is 11.3. The summed E-state index contributed by atoms with van der Waals surface area (Å²) < 4.78 is 6.29. The molecule has 3 aliphatic rings. The Morgan fingerprint density at radius 2 is 1.81 bits per heavy atom. The Morgan fingerprint density at radius 3 is 2.57 bits per heavy atom. The highest BCUT2D eigenvalue weighted by atomic mass is 16.5. The van der Waals surface area contributed by atoms with Gasteiger partial charge in [0, 0.05) is 6.54 Å². The zero-order valence-corrected chi connectivity index (χ0v) is 13.0. The predicted molar refractivity (Wildman–Crippen MR) is 81.3 cm³/mol. The van der Waals surface area contributed by atoms with E-state index < -0.39 is 5.97 Å². The molecule has 2 aliphatic carbocycles. The van der Waals surface area contributed by atoms with E-state index in [1.165, 1.54) is 44.9 Å². The standard InChI is InChI=1S/C17H29NO3/c19-16(20)15-6-2-1-5-13(15)11-18-12-14-7-10-17(21-14)8-3-4-9-17/h13-15,18H,1-12H2,(H,19,20). The zero-order valence-electron chi connectivity index (χ0n) is 13.0. The van der Waals surface area contributed by atoms with E-state index in [1.807, 2.05) is 0 Å². The van der Waals surface area contributed by atoms with E-state index in [9.17, 15) is 9.90 Å². The predicted octanol–water partition coefficient (Wildman–Crippen LogP) is 2.96. The molecule has 3 atom stereocenters. The van der Waals surface area contributed by atoms with Gasteiger partial charge in [-0.25, -0.2) is 0 Å². The third-order valence-electron chi connectivity index (χ3n) is 5.86. The first-order valence-electron chi connectivity index (χ1n) is 8.80. The van der Waals surface area contributed by atoms with Crippen molar-refractivity contribution in [3.8, 4) is 0 Å². The van der Waals surface area contributed by atoms with Crippen LogP contribution < -0.4 is 5.32 Å². The number of nitrogens with one attached hydrogen (secondary N) is 1. The summed E-state index contributed by atoms with van der Waals surface area (Å²) in [5, 5.41) is 12.8. The second-order valence-corrected chi connectivity index (χ2v) is 7.32. The molecule has 1 saturated heterocycles. The molecule has 1 aliphatic heterocycles. The fourth-order valence-corrected chi connectivity index (χ4v) is 4.63. The van der Waals surface area contributed by atoms with Gasteiger partial charge in [0.15, 0.2) is 0 Å². The van der Waals surface area contributed by atoms with Crippen LogP contribution in [0.3, 0.4) is 0 Å². The normalized spacial score (nSPS) is 35.3. The third-order valence-corrected chi connectivity index (χ3v) is 5.86. The molecule has 3 unspecified atom stereocenters. The Labute approximate surface area is 127 Å². The summed E-state index contributed by atoms with van der Waals surface area (Å²) in [7, 11) is 0. The molecular formula is C17H29NO3. The summed E-state index contributed by atoms with van der Waals surface area (Å²) in [6.45, 7) is 1.73. The van der Waals surface area contributed by atoms with Crippen LogP contribution in [-0.4, -0.2) is 35.9 Å². The van der Waals surface area contributed by atoms with Crippen molar-refractivity contribution in [2.24, 2.45) is 11.8 Å². The van der Waals surface area contributed by atoms with Crippen molar-refractivity contribution in [2.45, 2.75) is 75.9 Å². The number of carboxylic acids is 1. The Kier molecular flexibility index (Phi) is 4.85. The number of ether oxygens (including phenoxy) is 1. The maximum Gasteiger partial charge on any atom is 0.306 e. The smallest absolute Gasteiger partial charge is 0.306 e. The van der Waals surface area contributed by atoms with Crippen LogP contribution in [-0.2, 0) is 9.53 Å². The van der Waals surface area contributed by atoms with E-state index in [2.05, 4.69) is 5.32 Å². The summed E-state index contributed by atoms with van der Waals surface area (Å²) in [4.78, 5) is 11.3. The maximum absolute atomic E-state index is 11.3. The van der Waals surface area contributed by atoms with E-state index in [1.54, 1.807) is 0 Å². The highest BCUT2D eigenvalue weighted by Crippen LogP contribution is 2.43. The number of aliphatic carboxylic acids is 1. The topological polar surface area (TPSA) is 58.6 Å². The first kappa shape index (κ1) is 15.3. The molecule has 0 radical (unpaired) electrons. The van der Waals surface area contributed by atoms with Gasteiger partial charge in [0.25, 0.3) is 0 Å². The average Bonchev–Trinajstić information content (AvgIpc) is 3.10. The third kappa shape index (κ3) is 3.59. The van der Waals surface area contributed by atoms with Crippen LogP contribution >= 0.6 is 0 Å². The van der Waals surface area contributed by atoms with Crippen molar-refractivity contribution in [2.75, 3.05) is 13.1 Å².